The summed E-state index contributed by atoms with van der Waals surface area (Å²) >= 11 is 0. The molecule has 1 N–H and O–H groups in total. The smallest absolute Gasteiger partial charge is 0.110 e. The van der Waals surface area contributed by atoms with Crippen molar-refractivity contribution in [2.45, 2.75) is 53.0 Å². The van der Waals surface area contributed by atoms with E-state index in [0.717, 1.165) is 47.0 Å². The van der Waals surface area contributed by atoms with Gasteiger partial charge in [0.15, 0.2) is 0 Å². The quantitative estimate of drug-likeness (QED) is 0.754. The Kier molecular flexibility index (Phi) is 6.11. The van der Waals surface area contributed by atoms with E-state index in [2.05, 4.69) is 29.5 Å². The van der Waals surface area contributed by atoms with Crippen molar-refractivity contribution in [1.29, 1.82) is 0 Å². The number of rotatable bonds is 5. The van der Waals surface area contributed by atoms with Crippen molar-refractivity contribution >= 4 is 21.9 Å². The van der Waals surface area contributed by atoms with E-state index < -0.39 is 0 Å². The van der Waals surface area contributed by atoms with Crippen molar-refractivity contribution in [3.8, 4) is 0 Å². The molecule has 0 spiro atoms. The van der Waals surface area contributed by atoms with E-state index in [1.54, 1.807) is 0 Å². The first-order chi connectivity index (χ1) is 11.3. The van der Waals surface area contributed by atoms with Crippen LogP contribution in [0.5, 0.6) is 0 Å². The van der Waals surface area contributed by atoms with Crippen molar-refractivity contribution in [2.75, 3.05) is 6.61 Å². The number of aliphatic hydroxyl groups excluding tert-OH is 1. The first kappa shape index (κ1) is 17.4. The molecule has 0 aliphatic carbocycles. The second-order valence-corrected chi connectivity index (χ2v) is 5.39. The van der Waals surface area contributed by atoms with Crippen LogP contribution in [0.25, 0.3) is 21.9 Å². The van der Waals surface area contributed by atoms with E-state index in [4.69, 9.17) is 4.98 Å². The van der Waals surface area contributed by atoms with Gasteiger partial charge < -0.3 is 9.67 Å². The predicted octanol–water partition coefficient (Wildman–Crippen LogP) is 4.51. The van der Waals surface area contributed by atoms with Gasteiger partial charge in [-0.15, -0.1) is 0 Å². The molecule has 0 radical (unpaired) electrons. The predicted molar refractivity (Wildman–Crippen MR) is 96.8 cm³/mol. The number of hydrogen-bond acceptors (Lipinski definition) is 3. The standard InChI is InChI=1S/C17H21N3O.C2H6/c1-3-7-12(11-21)20-16(4-2)19-15-10-18-14-9-6-5-8-13(14)17(15)20;1-2/h5-6,8-10,12,21H,3-4,7,11H2,1-2H3;1-2H3/t12-;/m0./s1. The Morgan fingerprint density at radius 1 is 1.13 bits per heavy atom. The highest BCUT2D eigenvalue weighted by Gasteiger charge is 2.19. The van der Waals surface area contributed by atoms with Gasteiger partial charge in [0.05, 0.1) is 29.9 Å². The fourth-order valence-electron chi connectivity index (χ4n) is 3.05. The number of para-hydroxylation sites is 1. The number of benzene rings is 1. The largest absolute Gasteiger partial charge is 0.394 e. The fourth-order valence-corrected chi connectivity index (χ4v) is 3.05. The Morgan fingerprint density at radius 2 is 1.87 bits per heavy atom. The van der Waals surface area contributed by atoms with E-state index in [1.165, 1.54) is 0 Å². The number of hydrogen-bond donors (Lipinski definition) is 1. The van der Waals surface area contributed by atoms with Gasteiger partial charge in [0.1, 0.15) is 11.3 Å². The van der Waals surface area contributed by atoms with Gasteiger partial charge in [-0.05, 0) is 12.5 Å². The van der Waals surface area contributed by atoms with E-state index in [-0.39, 0.29) is 12.6 Å². The molecule has 0 saturated carbocycles. The lowest BCUT2D eigenvalue weighted by Crippen LogP contribution is -2.15. The van der Waals surface area contributed by atoms with Crippen LogP contribution in [0.1, 0.15) is 52.4 Å². The average molecular weight is 313 g/mol. The Bertz CT molecular complexity index is 764. The maximum atomic E-state index is 9.82. The number of pyridine rings is 1. The first-order valence-electron chi connectivity index (χ1n) is 8.65. The molecule has 0 fully saturated rings. The maximum absolute atomic E-state index is 9.82. The van der Waals surface area contributed by atoms with Gasteiger partial charge in [-0.1, -0.05) is 52.3 Å². The lowest BCUT2D eigenvalue weighted by atomic mass is 10.1. The van der Waals surface area contributed by atoms with E-state index in [1.807, 2.05) is 38.2 Å². The van der Waals surface area contributed by atoms with Gasteiger partial charge in [0, 0.05) is 11.8 Å². The molecule has 2 heterocycles. The van der Waals surface area contributed by atoms with Gasteiger partial charge in [-0.25, -0.2) is 4.98 Å². The molecular formula is C19H27N3O. The van der Waals surface area contributed by atoms with Crippen molar-refractivity contribution in [3.63, 3.8) is 0 Å². The van der Waals surface area contributed by atoms with Crippen LogP contribution < -0.4 is 0 Å². The molecular weight excluding hydrogens is 286 g/mol. The van der Waals surface area contributed by atoms with E-state index >= 15 is 0 Å². The molecule has 4 nitrogen and oxygen atoms in total. The fraction of sp³-hybridized carbons (Fsp3) is 0.474. The van der Waals surface area contributed by atoms with Gasteiger partial charge in [-0.2, -0.15) is 0 Å². The molecule has 124 valence electrons. The summed E-state index contributed by atoms with van der Waals surface area (Å²) in [5, 5.41) is 10.9. The summed E-state index contributed by atoms with van der Waals surface area (Å²) in [4.78, 5) is 9.21. The lowest BCUT2D eigenvalue weighted by Gasteiger charge is -2.19. The summed E-state index contributed by atoms with van der Waals surface area (Å²) in [6, 6.07) is 8.22. The molecule has 0 amide bonds. The molecule has 4 heteroatoms. The molecule has 0 bridgehead atoms. The third kappa shape index (κ3) is 3.22. The Morgan fingerprint density at radius 3 is 2.52 bits per heavy atom. The van der Waals surface area contributed by atoms with Crippen molar-refractivity contribution in [2.24, 2.45) is 0 Å². The molecule has 1 aromatic carbocycles. The molecule has 2 aromatic heterocycles. The lowest BCUT2D eigenvalue weighted by molar-refractivity contribution is 0.220. The molecule has 0 aliphatic heterocycles. The van der Waals surface area contributed by atoms with E-state index in [0.29, 0.717) is 0 Å². The van der Waals surface area contributed by atoms with E-state index in [9.17, 15) is 5.11 Å². The second kappa shape index (κ2) is 8.06. The monoisotopic (exact) mass is 313 g/mol. The number of nitrogens with zero attached hydrogens (tertiary/aromatic N) is 3. The molecule has 0 aliphatic rings. The summed E-state index contributed by atoms with van der Waals surface area (Å²) in [7, 11) is 0. The second-order valence-electron chi connectivity index (χ2n) is 5.39. The molecule has 3 rings (SSSR count). The van der Waals surface area contributed by atoms with Crippen LogP contribution in [0.2, 0.25) is 0 Å². The Hall–Kier alpha value is -1.94. The first-order valence-corrected chi connectivity index (χ1v) is 8.65. The highest BCUT2D eigenvalue weighted by molar-refractivity contribution is 6.02. The number of aryl methyl sites for hydroxylation is 1. The van der Waals surface area contributed by atoms with Gasteiger partial charge >= 0.3 is 0 Å². The Balaban J connectivity index is 0.000000924. The van der Waals surface area contributed by atoms with Crippen LogP contribution in [0.3, 0.4) is 0 Å². The van der Waals surface area contributed by atoms with Crippen molar-refractivity contribution in [3.05, 3.63) is 36.3 Å². The van der Waals surface area contributed by atoms with Crippen LogP contribution in [0, 0.1) is 0 Å². The average Bonchev–Trinajstić information content (AvgIpc) is 3.00. The molecule has 0 unspecified atom stereocenters. The summed E-state index contributed by atoms with van der Waals surface area (Å²) in [6.07, 6.45) is 4.68. The summed E-state index contributed by atoms with van der Waals surface area (Å²) in [6.45, 7) is 8.39. The molecule has 1 atom stereocenters. The SMILES string of the molecule is CC.CCC[C@@H](CO)n1c(CC)nc2cnc3ccccc3c21. The normalized spacial score (nSPS) is 12.2. The number of fused-ring (bicyclic) bond motifs is 3. The van der Waals surface area contributed by atoms with Crippen LogP contribution in [-0.2, 0) is 6.42 Å². The van der Waals surface area contributed by atoms with Gasteiger partial charge in [0.25, 0.3) is 0 Å². The third-order valence-corrected chi connectivity index (χ3v) is 4.01. The highest BCUT2D eigenvalue weighted by atomic mass is 16.3. The van der Waals surface area contributed by atoms with Crippen LogP contribution in [-0.4, -0.2) is 26.2 Å². The highest BCUT2D eigenvalue weighted by Crippen LogP contribution is 2.29. The topological polar surface area (TPSA) is 50.9 Å². The number of aromatic nitrogens is 3. The minimum Gasteiger partial charge on any atom is -0.394 e. The molecule has 3 aromatic rings. The zero-order valence-electron chi connectivity index (χ0n) is 14.6. The summed E-state index contributed by atoms with van der Waals surface area (Å²) < 4.78 is 2.23. The third-order valence-electron chi connectivity index (χ3n) is 4.01. The Labute approximate surface area is 138 Å². The minimum atomic E-state index is 0.0840. The summed E-state index contributed by atoms with van der Waals surface area (Å²) in [5.41, 5.74) is 2.99. The van der Waals surface area contributed by atoms with Crippen LogP contribution >= 0.6 is 0 Å². The molecule has 0 saturated heterocycles. The number of imidazole rings is 1. The maximum Gasteiger partial charge on any atom is 0.110 e. The van der Waals surface area contributed by atoms with Crippen molar-refractivity contribution in [1.82, 2.24) is 14.5 Å². The van der Waals surface area contributed by atoms with Crippen LogP contribution in [0.15, 0.2) is 30.5 Å². The van der Waals surface area contributed by atoms with Gasteiger partial charge in [-0.3, -0.25) is 4.98 Å². The summed E-state index contributed by atoms with van der Waals surface area (Å²) in [5.74, 6) is 1.02. The minimum absolute atomic E-state index is 0.0840. The van der Waals surface area contributed by atoms with Crippen LogP contribution in [0.4, 0.5) is 0 Å². The van der Waals surface area contributed by atoms with Gasteiger partial charge in [0.2, 0.25) is 0 Å². The zero-order chi connectivity index (χ0) is 16.8. The number of aliphatic hydroxyl groups is 1. The zero-order valence-corrected chi connectivity index (χ0v) is 14.6. The van der Waals surface area contributed by atoms with Crippen molar-refractivity contribution < 1.29 is 5.11 Å². The molecule has 23 heavy (non-hydrogen) atoms.